The van der Waals surface area contributed by atoms with E-state index in [1.54, 1.807) is 6.07 Å². The molecule has 3 heteroatoms. The molecule has 1 unspecified atom stereocenters. The molecule has 1 aromatic rings. The van der Waals surface area contributed by atoms with Crippen molar-refractivity contribution in [2.24, 2.45) is 5.92 Å². The molecule has 1 aliphatic carbocycles. The summed E-state index contributed by atoms with van der Waals surface area (Å²) in [4.78, 5) is 0. The van der Waals surface area contributed by atoms with Crippen molar-refractivity contribution in [1.82, 2.24) is 0 Å². The molecule has 1 saturated carbocycles. The Labute approximate surface area is 119 Å². The van der Waals surface area contributed by atoms with E-state index in [1.807, 2.05) is 12.1 Å². The van der Waals surface area contributed by atoms with Crippen molar-refractivity contribution in [1.29, 1.82) is 5.26 Å². The molecule has 2 rings (SSSR count). The van der Waals surface area contributed by atoms with Gasteiger partial charge >= 0.3 is 0 Å². The lowest BCUT2D eigenvalue weighted by atomic mass is 9.82. The number of nitrogens with zero attached hydrogens (tertiary/aromatic N) is 1. The topological polar surface area (TPSA) is 23.8 Å². The normalized spacial score (nSPS) is 18.9. The Hall–Kier alpha value is -0.710. The van der Waals surface area contributed by atoms with Crippen molar-refractivity contribution in [3.63, 3.8) is 0 Å². The van der Waals surface area contributed by atoms with Crippen molar-refractivity contribution >= 4 is 23.2 Å². The number of halogens is 2. The number of hydrogen-bond acceptors (Lipinski definition) is 1. The van der Waals surface area contributed by atoms with E-state index in [0.29, 0.717) is 16.0 Å². The zero-order valence-corrected chi connectivity index (χ0v) is 11.8. The van der Waals surface area contributed by atoms with Crippen molar-refractivity contribution in [2.75, 3.05) is 0 Å². The van der Waals surface area contributed by atoms with Gasteiger partial charge in [-0.05, 0) is 36.5 Å². The summed E-state index contributed by atoms with van der Waals surface area (Å²) < 4.78 is 0. The third-order valence-corrected chi connectivity index (χ3v) is 4.37. The van der Waals surface area contributed by atoms with Crippen molar-refractivity contribution in [3.05, 3.63) is 33.8 Å². The standard InChI is InChI=1S/C15H17Cl2N/c16-12-7-8-13(15(17)9-12)14(10-18)11-5-3-1-2-4-6-11/h7-9,11,14H,1-6H2. The van der Waals surface area contributed by atoms with Gasteiger partial charge in [-0.1, -0.05) is 55.0 Å². The second kappa shape index (κ2) is 6.45. The summed E-state index contributed by atoms with van der Waals surface area (Å²) in [7, 11) is 0. The van der Waals surface area contributed by atoms with Gasteiger partial charge in [0.1, 0.15) is 0 Å². The summed E-state index contributed by atoms with van der Waals surface area (Å²) in [6.07, 6.45) is 7.32. The lowest BCUT2D eigenvalue weighted by Crippen LogP contribution is -2.11. The van der Waals surface area contributed by atoms with E-state index in [4.69, 9.17) is 23.2 Å². The molecule has 1 aromatic carbocycles. The lowest BCUT2D eigenvalue weighted by Gasteiger charge is -2.21. The first-order valence-corrected chi connectivity index (χ1v) is 7.32. The zero-order valence-electron chi connectivity index (χ0n) is 10.3. The maximum Gasteiger partial charge on any atom is 0.0755 e. The summed E-state index contributed by atoms with van der Waals surface area (Å²) in [6.45, 7) is 0. The van der Waals surface area contributed by atoms with Gasteiger partial charge in [-0.2, -0.15) is 5.26 Å². The van der Waals surface area contributed by atoms with Crippen molar-refractivity contribution in [2.45, 2.75) is 44.4 Å². The van der Waals surface area contributed by atoms with Crippen LogP contribution < -0.4 is 0 Å². The molecule has 1 nitrogen and oxygen atoms in total. The van der Waals surface area contributed by atoms with E-state index >= 15 is 0 Å². The molecule has 18 heavy (non-hydrogen) atoms. The first-order chi connectivity index (χ1) is 8.72. The van der Waals surface area contributed by atoms with Gasteiger partial charge < -0.3 is 0 Å². The molecule has 0 spiro atoms. The van der Waals surface area contributed by atoms with E-state index in [2.05, 4.69) is 6.07 Å². The van der Waals surface area contributed by atoms with Gasteiger partial charge in [-0.25, -0.2) is 0 Å². The third-order valence-electron chi connectivity index (χ3n) is 3.81. The first kappa shape index (κ1) is 13.7. The average Bonchev–Trinajstić information content (AvgIpc) is 2.62. The number of rotatable bonds is 2. The second-order valence-corrected chi connectivity index (χ2v) is 5.87. The zero-order chi connectivity index (χ0) is 13.0. The quantitative estimate of drug-likeness (QED) is 0.650. The predicted molar refractivity (Wildman–Crippen MR) is 76.0 cm³/mol. The Morgan fingerprint density at radius 3 is 2.33 bits per heavy atom. The summed E-state index contributed by atoms with van der Waals surface area (Å²) in [6, 6.07) is 7.91. The van der Waals surface area contributed by atoms with Crippen LogP contribution in [0.2, 0.25) is 10.0 Å². The molecule has 0 radical (unpaired) electrons. The molecular weight excluding hydrogens is 265 g/mol. The molecule has 96 valence electrons. The van der Waals surface area contributed by atoms with Gasteiger partial charge in [-0.15, -0.1) is 0 Å². The van der Waals surface area contributed by atoms with Gasteiger partial charge in [0.05, 0.1) is 12.0 Å². The van der Waals surface area contributed by atoms with Gasteiger partial charge in [0, 0.05) is 10.0 Å². The summed E-state index contributed by atoms with van der Waals surface area (Å²) >= 11 is 12.1. The second-order valence-electron chi connectivity index (χ2n) is 5.02. The molecule has 0 aliphatic heterocycles. The minimum atomic E-state index is -0.0899. The fourth-order valence-corrected chi connectivity index (χ4v) is 3.35. The highest BCUT2D eigenvalue weighted by Crippen LogP contribution is 2.38. The lowest BCUT2D eigenvalue weighted by molar-refractivity contribution is 0.425. The van der Waals surface area contributed by atoms with Crippen molar-refractivity contribution < 1.29 is 0 Å². The first-order valence-electron chi connectivity index (χ1n) is 6.57. The number of hydrogen-bond donors (Lipinski definition) is 0. The van der Waals surface area contributed by atoms with Crippen LogP contribution in [0.5, 0.6) is 0 Å². The minimum Gasteiger partial charge on any atom is -0.198 e. The van der Waals surface area contributed by atoms with Crippen LogP contribution in [0.25, 0.3) is 0 Å². The molecule has 0 heterocycles. The Bertz CT molecular complexity index is 442. The molecule has 0 amide bonds. The van der Waals surface area contributed by atoms with Crippen LogP contribution in [-0.4, -0.2) is 0 Å². The van der Waals surface area contributed by atoms with Crippen LogP contribution in [-0.2, 0) is 0 Å². The molecule has 1 atom stereocenters. The molecule has 0 saturated heterocycles. The Kier molecular flexibility index (Phi) is 4.92. The van der Waals surface area contributed by atoms with Crippen LogP contribution in [0.3, 0.4) is 0 Å². The molecule has 0 bridgehead atoms. The highest BCUT2D eigenvalue weighted by atomic mass is 35.5. The number of benzene rings is 1. The summed E-state index contributed by atoms with van der Waals surface area (Å²) in [5.74, 6) is 0.351. The van der Waals surface area contributed by atoms with E-state index in [1.165, 1.54) is 25.7 Å². The minimum absolute atomic E-state index is 0.0899. The maximum atomic E-state index is 9.48. The van der Waals surface area contributed by atoms with Gasteiger partial charge in [0.15, 0.2) is 0 Å². The highest BCUT2D eigenvalue weighted by Gasteiger charge is 2.25. The number of nitriles is 1. The third kappa shape index (κ3) is 3.19. The smallest absolute Gasteiger partial charge is 0.0755 e. The van der Waals surface area contributed by atoms with Gasteiger partial charge in [0.25, 0.3) is 0 Å². The molecule has 1 aliphatic rings. The van der Waals surface area contributed by atoms with Gasteiger partial charge in [0.2, 0.25) is 0 Å². The van der Waals surface area contributed by atoms with Crippen LogP contribution in [0.1, 0.15) is 50.0 Å². The fraction of sp³-hybridized carbons (Fsp3) is 0.533. The van der Waals surface area contributed by atoms with Crippen LogP contribution in [0.15, 0.2) is 18.2 Å². The molecule has 0 N–H and O–H groups in total. The Morgan fingerprint density at radius 2 is 1.78 bits per heavy atom. The molecule has 1 fully saturated rings. The largest absolute Gasteiger partial charge is 0.198 e. The molecule has 0 aromatic heterocycles. The van der Waals surface area contributed by atoms with Crippen LogP contribution in [0.4, 0.5) is 0 Å². The monoisotopic (exact) mass is 281 g/mol. The van der Waals surface area contributed by atoms with Crippen molar-refractivity contribution in [3.8, 4) is 6.07 Å². The van der Waals surface area contributed by atoms with E-state index < -0.39 is 0 Å². The molecular formula is C15H17Cl2N. The Balaban J connectivity index is 2.24. The average molecular weight is 282 g/mol. The van der Waals surface area contributed by atoms with Crippen LogP contribution >= 0.6 is 23.2 Å². The van der Waals surface area contributed by atoms with Crippen LogP contribution in [0, 0.1) is 17.2 Å². The predicted octanol–water partition coefficient (Wildman–Crippen LogP) is 5.57. The highest BCUT2D eigenvalue weighted by molar-refractivity contribution is 6.35. The SMILES string of the molecule is N#CC(c1ccc(Cl)cc1Cl)C1CCCCCC1. The fourth-order valence-electron chi connectivity index (χ4n) is 2.83. The van der Waals surface area contributed by atoms with E-state index in [9.17, 15) is 5.26 Å². The van der Waals surface area contributed by atoms with E-state index in [-0.39, 0.29) is 5.92 Å². The maximum absolute atomic E-state index is 9.48. The summed E-state index contributed by atoms with van der Waals surface area (Å²) in [5, 5.41) is 10.7. The van der Waals surface area contributed by atoms with Gasteiger partial charge in [-0.3, -0.25) is 0 Å². The summed E-state index contributed by atoms with van der Waals surface area (Å²) in [5.41, 5.74) is 0.940. The Morgan fingerprint density at radius 1 is 1.11 bits per heavy atom. The van der Waals surface area contributed by atoms with E-state index in [0.717, 1.165) is 18.4 Å².